The molecule has 2 heterocycles. The number of hydrogen-bond acceptors (Lipinski definition) is 6. The third kappa shape index (κ3) is 2.49. The van der Waals surface area contributed by atoms with Crippen molar-refractivity contribution in [2.45, 2.75) is 24.7 Å². The summed E-state index contributed by atoms with van der Waals surface area (Å²) < 4.78 is 10.5. The number of hydrogen-bond donors (Lipinski definition) is 1. The number of fused-ring (bicyclic) bond motifs is 1. The van der Waals surface area contributed by atoms with E-state index in [9.17, 15) is 10.1 Å². The molecule has 0 unspecified atom stereocenters. The lowest BCUT2D eigenvalue weighted by Crippen LogP contribution is -2.31. The molecule has 2 saturated heterocycles. The maximum absolute atomic E-state index is 10.0. The number of ether oxygens (including phenoxy) is 2. The topological polar surface area (TPSA) is 70.8 Å². The van der Waals surface area contributed by atoms with Crippen molar-refractivity contribution >= 4 is 12.6 Å². The molecule has 2 aliphatic rings. The molecule has 6 nitrogen and oxygen atoms in total. The monoisotopic (exact) mass is 223 g/mol. The Bertz CT molecular complexity index is 203. The Morgan fingerprint density at radius 1 is 1.50 bits per heavy atom. The molecule has 0 aromatic heterocycles. The van der Waals surface area contributed by atoms with Crippen LogP contribution in [0, 0.1) is 10.1 Å². The zero-order valence-corrected chi connectivity index (χ0v) is 8.68. The lowest BCUT2D eigenvalue weighted by Gasteiger charge is -2.12. The second-order valence-electron chi connectivity index (χ2n) is 2.86. The van der Waals surface area contributed by atoms with Crippen LogP contribution >= 0.6 is 12.6 Å². The van der Waals surface area contributed by atoms with Crippen LogP contribution in [0.4, 0.5) is 0 Å². The smallest absolute Gasteiger partial charge is 0.294 e. The molecule has 7 heteroatoms. The molecule has 0 aliphatic carbocycles. The van der Waals surface area contributed by atoms with Crippen molar-refractivity contribution in [1.29, 1.82) is 0 Å². The maximum Gasteiger partial charge on any atom is 0.294 e. The Kier molecular flexibility index (Phi) is 4.43. The highest BCUT2D eigenvalue weighted by molar-refractivity contribution is 7.79. The zero-order chi connectivity index (χ0) is 10.6. The molecule has 2 rings (SSSR count). The van der Waals surface area contributed by atoms with E-state index in [2.05, 4.69) is 17.5 Å². The van der Waals surface area contributed by atoms with Gasteiger partial charge in [-0.05, 0) is 12.7 Å². The van der Waals surface area contributed by atoms with Crippen LogP contribution in [0.5, 0.6) is 0 Å². The van der Waals surface area contributed by atoms with E-state index >= 15 is 0 Å². The third-order valence-electron chi connectivity index (χ3n) is 2.14. The van der Waals surface area contributed by atoms with Gasteiger partial charge in [0.25, 0.3) is 5.09 Å². The van der Waals surface area contributed by atoms with Crippen molar-refractivity contribution in [3.05, 3.63) is 10.1 Å². The van der Waals surface area contributed by atoms with Crippen LogP contribution in [-0.2, 0) is 14.3 Å². The minimum absolute atomic E-state index is 0.00468. The average Bonchev–Trinajstić information content (AvgIpc) is 2.73. The number of rotatable bonds is 2. The van der Waals surface area contributed by atoms with Crippen LogP contribution in [0.1, 0.15) is 6.42 Å². The van der Waals surface area contributed by atoms with Crippen molar-refractivity contribution in [2.75, 3.05) is 19.5 Å². The normalized spacial score (nSPS) is 34.3. The summed E-state index contributed by atoms with van der Waals surface area (Å²) >= 11 is 3.53. The van der Waals surface area contributed by atoms with E-state index in [1.807, 2.05) is 0 Å². The lowest BCUT2D eigenvalue weighted by molar-refractivity contribution is -0.769. The van der Waals surface area contributed by atoms with Gasteiger partial charge in [0.05, 0.1) is 12.7 Å². The van der Waals surface area contributed by atoms with Gasteiger partial charge in [-0.2, -0.15) is 12.6 Å². The largest absolute Gasteiger partial charge is 0.373 e. The first-order valence-electron chi connectivity index (χ1n) is 4.26. The van der Waals surface area contributed by atoms with Gasteiger partial charge in [-0.3, -0.25) is 0 Å². The summed E-state index contributed by atoms with van der Waals surface area (Å²) in [5.74, 6) is 0. The first-order valence-corrected chi connectivity index (χ1v) is 5.16. The van der Waals surface area contributed by atoms with E-state index in [0.29, 0.717) is 6.61 Å². The van der Waals surface area contributed by atoms with Crippen LogP contribution in [0.3, 0.4) is 0 Å². The van der Waals surface area contributed by atoms with Crippen LogP contribution in [0.15, 0.2) is 0 Å². The van der Waals surface area contributed by atoms with Gasteiger partial charge in [0, 0.05) is 6.61 Å². The van der Waals surface area contributed by atoms with Crippen LogP contribution in [0.2, 0.25) is 0 Å². The Labute approximate surface area is 87.0 Å². The summed E-state index contributed by atoms with van der Waals surface area (Å²) in [6.07, 6.45) is 1.72. The van der Waals surface area contributed by atoms with E-state index < -0.39 is 11.2 Å². The highest BCUT2D eigenvalue weighted by Crippen LogP contribution is 2.28. The Hall–Kier alpha value is -0.530. The van der Waals surface area contributed by atoms with Crippen LogP contribution < -0.4 is 0 Å². The van der Waals surface area contributed by atoms with Gasteiger partial charge in [-0.15, -0.1) is 10.1 Å². The zero-order valence-electron chi connectivity index (χ0n) is 7.79. The van der Waals surface area contributed by atoms with Gasteiger partial charge in [0.2, 0.25) is 0 Å². The second-order valence-corrected chi connectivity index (χ2v) is 2.86. The van der Waals surface area contributed by atoms with Gasteiger partial charge < -0.3 is 14.3 Å². The molecule has 0 N–H and O–H groups in total. The van der Waals surface area contributed by atoms with E-state index in [4.69, 9.17) is 9.47 Å². The minimum Gasteiger partial charge on any atom is -0.373 e. The van der Waals surface area contributed by atoms with Gasteiger partial charge in [-0.1, -0.05) is 0 Å². The quantitative estimate of drug-likeness (QED) is 0.414. The highest BCUT2D eigenvalue weighted by atomic mass is 32.1. The predicted molar refractivity (Wildman–Crippen MR) is 50.9 cm³/mol. The van der Waals surface area contributed by atoms with E-state index in [0.717, 1.165) is 6.42 Å². The summed E-state index contributed by atoms with van der Waals surface area (Å²) in [5, 5.41) is 9.22. The molecule has 0 radical (unpaired) electrons. The van der Waals surface area contributed by atoms with E-state index in [1.54, 1.807) is 6.26 Å². The fourth-order valence-electron chi connectivity index (χ4n) is 1.63. The maximum atomic E-state index is 10.0. The standard InChI is InChI=1S/C6H9NO5.CH4S/c8-7(9)12-5-3-11-4-1-2-10-6(4)5;1-2/h4-6H,1-3H2;2H,1H3/t4-,5-,6+;/m1./s1. The van der Waals surface area contributed by atoms with Crippen molar-refractivity contribution in [2.24, 2.45) is 0 Å². The van der Waals surface area contributed by atoms with E-state index in [1.165, 1.54) is 0 Å². The molecule has 0 bridgehead atoms. The molecule has 2 fully saturated rings. The summed E-state index contributed by atoms with van der Waals surface area (Å²) in [6.45, 7) is 0.864. The van der Waals surface area contributed by atoms with Gasteiger partial charge in [0.15, 0.2) is 6.10 Å². The first kappa shape index (κ1) is 11.5. The molecule has 0 saturated carbocycles. The van der Waals surface area contributed by atoms with Crippen LogP contribution in [-0.4, -0.2) is 42.9 Å². The second kappa shape index (κ2) is 5.38. The minimum atomic E-state index is -0.794. The Morgan fingerprint density at radius 3 is 2.86 bits per heavy atom. The first-order chi connectivity index (χ1) is 6.77. The molecular formula is C7H13NO5S. The fraction of sp³-hybridized carbons (Fsp3) is 1.00. The highest BCUT2D eigenvalue weighted by Gasteiger charge is 2.43. The SMILES string of the molecule is CS.O=[N+]([O-])O[C@@H]1CO[C@@H]2CCO[C@@H]21. The number of nitrogens with zero attached hydrogens (tertiary/aromatic N) is 1. The molecular weight excluding hydrogens is 210 g/mol. The third-order valence-corrected chi connectivity index (χ3v) is 2.14. The summed E-state index contributed by atoms with van der Waals surface area (Å²) in [4.78, 5) is 14.4. The number of thiol groups is 1. The molecule has 0 spiro atoms. The Morgan fingerprint density at radius 2 is 2.21 bits per heavy atom. The molecule has 14 heavy (non-hydrogen) atoms. The van der Waals surface area contributed by atoms with Crippen LogP contribution in [0.25, 0.3) is 0 Å². The average molecular weight is 223 g/mol. The van der Waals surface area contributed by atoms with Crippen molar-refractivity contribution in [1.82, 2.24) is 0 Å². The summed E-state index contributed by atoms with van der Waals surface area (Å²) in [6, 6.07) is 0. The van der Waals surface area contributed by atoms with Crippen molar-refractivity contribution < 1.29 is 19.4 Å². The fourth-order valence-corrected chi connectivity index (χ4v) is 1.63. The molecule has 82 valence electrons. The summed E-state index contributed by atoms with van der Waals surface area (Å²) in [5.41, 5.74) is 0. The molecule has 0 amide bonds. The Balaban J connectivity index is 0.000000461. The van der Waals surface area contributed by atoms with Crippen molar-refractivity contribution in [3.8, 4) is 0 Å². The molecule has 3 atom stereocenters. The molecule has 0 aromatic rings. The molecule has 2 aliphatic heterocycles. The van der Waals surface area contributed by atoms with Gasteiger partial charge >= 0.3 is 0 Å². The lowest BCUT2D eigenvalue weighted by atomic mass is 10.1. The van der Waals surface area contributed by atoms with Crippen molar-refractivity contribution in [3.63, 3.8) is 0 Å². The van der Waals surface area contributed by atoms with Gasteiger partial charge in [0.1, 0.15) is 6.10 Å². The van der Waals surface area contributed by atoms with Gasteiger partial charge in [-0.25, -0.2) is 0 Å². The van der Waals surface area contributed by atoms with E-state index in [-0.39, 0.29) is 18.8 Å². The molecule has 0 aromatic carbocycles. The summed E-state index contributed by atoms with van der Waals surface area (Å²) in [7, 11) is 0. The predicted octanol–water partition coefficient (Wildman–Crippen LogP) is 0.297.